The van der Waals surface area contributed by atoms with Gasteiger partial charge in [-0.3, -0.25) is 4.79 Å². The van der Waals surface area contributed by atoms with Crippen LogP contribution < -0.4 is 5.32 Å². The summed E-state index contributed by atoms with van der Waals surface area (Å²) in [7, 11) is 0. The van der Waals surface area contributed by atoms with E-state index < -0.39 is 17.7 Å². The van der Waals surface area contributed by atoms with Crippen molar-refractivity contribution >= 4 is 11.9 Å². The van der Waals surface area contributed by atoms with Crippen molar-refractivity contribution < 1.29 is 19.4 Å². The first-order valence-corrected chi connectivity index (χ1v) is 3.63. The van der Waals surface area contributed by atoms with E-state index in [0.29, 0.717) is 0 Å². The van der Waals surface area contributed by atoms with E-state index in [1.165, 1.54) is 6.92 Å². The summed E-state index contributed by atoms with van der Waals surface area (Å²) < 4.78 is 5.01. The molecule has 0 aromatic heterocycles. The van der Waals surface area contributed by atoms with Gasteiger partial charge in [0, 0.05) is 0 Å². The van der Waals surface area contributed by atoms with Crippen LogP contribution in [0.15, 0.2) is 0 Å². The molecule has 0 saturated carbocycles. The molecular formula is C7H11NO4. The van der Waals surface area contributed by atoms with E-state index in [1.54, 1.807) is 6.92 Å². The van der Waals surface area contributed by atoms with Gasteiger partial charge in [-0.15, -0.1) is 0 Å². The number of hydrogen-bond acceptors (Lipinski definition) is 3. The van der Waals surface area contributed by atoms with Crippen LogP contribution in [0.3, 0.4) is 0 Å². The highest BCUT2D eigenvalue weighted by Gasteiger charge is 2.46. The second-order valence-electron chi connectivity index (χ2n) is 3.01. The summed E-state index contributed by atoms with van der Waals surface area (Å²) in [6.07, 6.45) is -1.61. The lowest BCUT2D eigenvalue weighted by molar-refractivity contribution is -0.121. The minimum absolute atomic E-state index is 0.0159. The molecule has 0 aromatic rings. The zero-order valence-corrected chi connectivity index (χ0v) is 6.96. The van der Waals surface area contributed by atoms with Crippen LogP contribution in [0, 0.1) is 0 Å². The minimum Gasteiger partial charge on any atom is -0.465 e. The third kappa shape index (κ3) is 1.27. The van der Waals surface area contributed by atoms with Crippen molar-refractivity contribution in [3.63, 3.8) is 0 Å². The van der Waals surface area contributed by atoms with Crippen LogP contribution in [-0.4, -0.2) is 35.2 Å². The Hall–Kier alpha value is -1.10. The minimum atomic E-state index is -1.21. The number of ketones is 1. The van der Waals surface area contributed by atoms with Crippen LogP contribution in [-0.2, 0) is 9.53 Å². The molecule has 1 heterocycles. The molecule has 0 bridgehead atoms. The Labute approximate surface area is 69.7 Å². The summed E-state index contributed by atoms with van der Waals surface area (Å²) in [5.74, 6) is -0.225. The maximum Gasteiger partial charge on any atom is 0.405 e. The number of carbonyl (C=O) groups is 2. The Balaban J connectivity index is 2.79. The van der Waals surface area contributed by atoms with Crippen LogP contribution >= 0.6 is 0 Å². The molecule has 2 atom stereocenters. The topological polar surface area (TPSA) is 75.6 Å². The summed E-state index contributed by atoms with van der Waals surface area (Å²) >= 11 is 0. The van der Waals surface area contributed by atoms with Gasteiger partial charge in [0.1, 0.15) is 12.1 Å². The van der Waals surface area contributed by atoms with Crippen LogP contribution in [0.2, 0.25) is 0 Å². The van der Waals surface area contributed by atoms with Crippen LogP contribution in [0.4, 0.5) is 4.79 Å². The van der Waals surface area contributed by atoms with E-state index in [0.717, 1.165) is 0 Å². The fraction of sp³-hybridized carbons (Fsp3) is 0.714. The first-order valence-electron chi connectivity index (χ1n) is 3.63. The van der Waals surface area contributed by atoms with Crippen molar-refractivity contribution in [2.75, 3.05) is 6.61 Å². The predicted molar refractivity (Wildman–Crippen MR) is 40.0 cm³/mol. The Morgan fingerprint density at radius 3 is 2.75 bits per heavy atom. The van der Waals surface area contributed by atoms with Crippen LogP contribution in [0.1, 0.15) is 13.8 Å². The van der Waals surface area contributed by atoms with Crippen molar-refractivity contribution in [2.45, 2.75) is 25.5 Å². The number of amides is 1. The molecule has 0 spiro atoms. The van der Waals surface area contributed by atoms with Crippen molar-refractivity contribution in [3.8, 4) is 0 Å². The molecule has 68 valence electrons. The highest BCUT2D eigenvalue weighted by atomic mass is 16.5. The number of rotatable bonds is 1. The van der Waals surface area contributed by atoms with Crippen molar-refractivity contribution in [1.29, 1.82) is 0 Å². The van der Waals surface area contributed by atoms with E-state index in [2.05, 4.69) is 5.32 Å². The van der Waals surface area contributed by atoms with Gasteiger partial charge < -0.3 is 15.2 Å². The van der Waals surface area contributed by atoms with Gasteiger partial charge in [-0.05, 0) is 13.8 Å². The molecule has 1 saturated heterocycles. The summed E-state index contributed by atoms with van der Waals surface area (Å²) in [5, 5.41) is 10.6. The molecule has 1 aliphatic heterocycles. The number of nitrogens with one attached hydrogen (secondary N) is 1. The Morgan fingerprint density at radius 1 is 1.83 bits per heavy atom. The molecule has 0 aliphatic carbocycles. The highest BCUT2D eigenvalue weighted by molar-refractivity contribution is 5.94. The number of carbonyl (C=O) groups excluding carboxylic acids is 1. The quantitative estimate of drug-likeness (QED) is 0.585. The largest absolute Gasteiger partial charge is 0.465 e. The van der Waals surface area contributed by atoms with E-state index in [9.17, 15) is 9.59 Å². The second kappa shape index (κ2) is 2.75. The fourth-order valence-corrected chi connectivity index (χ4v) is 1.14. The first kappa shape index (κ1) is 8.99. The van der Waals surface area contributed by atoms with Gasteiger partial charge in [-0.2, -0.15) is 0 Å². The van der Waals surface area contributed by atoms with Gasteiger partial charge >= 0.3 is 6.09 Å². The maximum atomic E-state index is 11.2. The summed E-state index contributed by atoms with van der Waals surface area (Å²) in [4.78, 5) is 21.5. The molecule has 1 rings (SSSR count). The van der Waals surface area contributed by atoms with Crippen molar-refractivity contribution in [2.24, 2.45) is 0 Å². The fourth-order valence-electron chi connectivity index (χ4n) is 1.14. The molecule has 1 fully saturated rings. The standard InChI is InChI=1S/C7H11NO4/c1-4-7(2,8-6(10)11)5(9)3-12-4/h4,8H,3H2,1-2H3,(H,10,11)/t4-,7-/m1/s1. The van der Waals surface area contributed by atoms with Gasteiger partial charge in [-0.1, -0.05) is 0 Å². The lowest BCUT2D eigenvalue weighted by Gasteiger charge is -2.24. The normalized spacial score (nSPS) is 35.2. The molecule has 5 heteroatoms. The van der Waals surface area contributed by atoms with Gasteiger partial charge in [0.15, 0.2) is 5.78 Å². The highest BCUT2D eigenvalue weighted by Crippen LogP contribution is 2.21. The van der Waals surface area contributed by atoms with E-state index in [4.69, 9.17) is 9.84 Å². The summed E-state index contributed by atoms with van der Waals surface area (Å²) in [6, 6.07) is 0. The van der Waals surface area contributed by atoms with Gasteiger partial charge in [0.25, 0.3) is 0 Å². The second-order valence-corrected chi connectivity index (χ2v) is 3.01. The third-order valence-corrected chi connectivity index (χ3v) is 2.22. The molecule has 0 unspecified atom stereocenters. The molecule has 0 radical (unpaired) electrons. The lowest BCUT2D eigenvalue weighted by atomic mass is 9.94. The molecule has 1 amide bonds. The average Bonchev–Trinajstić information content (AvgIpc) is 2.16. The van der Waals surface area contributed by atoms with E-state index in [1.807, 2.05) is 0 Å². The lowest BCUT2D eigenvalue weighted by Crippen LogP contribution is -2.55. The van der Waals surface area contributed by atoms with Gasteiger partial charge in [-0.25, -0.2) is 4.79 Å². The Bertz CT molecular complexity index is 227. The molecule has 2 N–H and O–H groups in total. The third-order valence-electron chi connectivity index (χ3n) is 2.22. The average molecular weight is 173 g/mol. The number of carboxylic acid groups (broad SMARTS) is 1. The number of Topliss-reactive ketones (excluding diaryl/α,β-unsaturated/α-hetero) is 1. The predicted octanol–water partition coefficient (Wildman–Crippen LogP) is 0.000500. The number of hydrogen-bond donors (Lipinski definition) is 2. The monoisotopic (exact) mass is 173 g/mol. The number of ether oxygens (including phenoxy) is 1. The molecule has 5 nitrogen and oxygen atoms in total. The Morgan fingerprint density at radius 2 is 2.42 bits per heavy atom. The molecular weight excluding hydrogens is 162 g/mol. The Kier molecular flexibility index (Phi) is 2.06. The zero-order chi connectivity index (χ0) is 9.35. The molecule has 1 aliphatic rings. The molecule has 12 heavy (non-hydrogen) atoms. The first-order chi connectivity index (χ1) is 5.47. The van der Waals surface area contributed by atoms with Gasteiger partial charge in [0.2, 0.25) is 0 Å². The maximum absolute atomic E-state index is 11.2. The van der Waals surface area contributed by atoms with Gasteiger partial charge in [0.05, 0.1) is 6.10 Å². The van der Waals surface area contributed by atoms with Crippen LogP contribution in [0.5, 0.6) is 0 Å². The van der Waals surface area contributed by atoms with Crippen molar-refractivity contribution in [1.82, 2.24) is 5.32 Å². The van der Waals surface area contributed by atoms with Crippen LogP contribution in [0.25, 0.3) is 0 Å². The van der Waals surface area contributed by atoms with Crippen molar-refractivity contribution in [3.05, 3.63) is 0 Å². The summed E-state index contributed by atoms with van der Waals surface area (Å²) in [5.41, 5.74) is -1.08. The molecule has 0 aromatic carbocycles. The SMILES string of the molecule is C[C@H]1OCC(=O)[C@]1(C)NC(=O)O. The van der Waals surface area contributed by atoms with E-state index in [-0.39, 0.29) is 12.4 Å². The zero-order valence-electron chi connectivity index (χ0n) is 6.96. The smallest absolute Gasteiger partial charge is 0.405 e. The summed E-state index contributed by atoms with van der Waals surface area (Å²) in [6.45, 7) is 3.18. The van der Waals surface area contributed by atoms with E-state index >= 15 is 0 Å².